The van der Waals surface area contributed by atoms with Gasteiger partial charge in [0.05, 0.1) is 33.1 Å². The van der Waals surface area contributed by atoms with Gasteiger partial charge in [-0.05, 0) is 245 Å². The van der Waals surface area contributed by atoms with Crippen molar-refractivity contribution < 1.29 is 0 Å². The first-order valence-electron chi connectivity index (χ1n) is 39.8. The molecule has 0 N–H and O–H groups in total. The summed E-state index contributed by atoms with van der Waals surface area (Å²) in [5.41, 5.74) is 27.5. The van der Waals surface area contributed by atoms with Crippen molar-refractivity contribution in [3.8, 4) is 50.7 Å². The van der Waals surface area contributed by atoms with E-state index in [1.807, 2.05) is 0 Å². The minimum atomic E-state index is 0.0241. The predicted octanol–water partition coefficient (Wildman–Crippen LogP) is 29.8. The average Bonchev–Trinajstić information content (AvgIpc) is 1.63. The normalized spacial score (nSPS) is 12.4. The number of benzene rings is 16. The van der Waals surface area contributed by atoms with Crippen molar-refractivity contribution in [1.29, 1.82) is 0 Å². The molecule has 3 aromatic heterocycles. The Labute approximate surface area is 662 Å². The number of anilines is 6. The summed E-state index contributed by atoms with van der Waals surface area (Å²) in [6, 6.07) is 126. The van der Waals surface area contributed by atoms with E-state index in [1.54, 1.807) is 0 Å². The minimum absolute atomic E-state index is 0.0241. The van der Waals surface area contributed by atoms with Gasteiger partial charge >= 0.3 is 0 Å². The fraction of sp³-hybridized carbons (Fsp3) is 0.150. The van der Waals surface area contributed by atoms with Crippen LogP contribution in [0.2, 0.25) is 0 Å². The number of hydrogen-bond donors (Lipinski definition) is 0. The molecule has 550 valence electrons. The van der Waals surface area contributed by atoms with Crippen LogP contribution in [0.1, 0.15) is 105 Å². The Kier molecular flexibility index (Phi) is 16.7. The summed E-state index contributed by atoms with van der Waals surface area (Å²) in [5.74, 6) is 0.874. The molecule has 0 atom stereocenters. The third kappa shape index (κ3) is 12.4. The van der Waals surface area contributed by atoms with Gasteiger partial charge in [0.1, 0.15) is 5.82 Å². The Morgan fingerprint density at radius 2 is 0.558 bits per heavy atom. The first-order valence-corrected chi connectivity index (χ1v) is 39.8. The molecule has 19 rings (SSSR count). The van der Waals surface area contributed by atoms with Crippen molar-refractivity contribution in [1.82, 2.24) is 18.7 Å². The molecule has 0 saturated carbocycles. The van der Waals surface area contributed by atoms with E-state index >= 15 is 0 Å². The minimum Gasteiger partial charge on any atom is -0.310 e. The van der Waals surface area contributed by atoms with Crippen LogP contribution in [0.4, 0.5) is 34.1 Å². The molecule has 0 aliphatic heterocycles. The molecule has 113 heavy (non-hydrogen) atoms. The third-order valence-corrected chi connectivity index (χ3v) is 23.4. The number of rotatable bonds is 12. The summed E-state index contributed by atoms with van der Waals surface area (Å²) >= 11 is 0. The smallest absolute Gasteiger partial charge is 0.146 e. The van der Waals surface area contributed by atoms with Gasteiger partial charge < -0.3 is 18.9 Å². The molecule has 19 aromatic rings. The van der Waals surface area contributed by atoms with Crippen LogP contribution < -0.4 is 9.80 Å². The van der Waals surface area contributed by atoms with Crippen molar-refractivity contribution >= 4 is 121 Å². The van der Waals surface area contributed by atoms with E-state index in [0.717, 1.165) is 128 Å². The molecule has 0 amide bonds. The first-order chi connectivity index (χ1) is 54.6. The maximum Gasteiger partial charge on any atom is 0.146 e. The van der Waals surface area contributed by atoms with Gasteiger partial charge in [0.15, 0.2) is 0 Å². The summed E-state index contributed by atoms with van der Waals surface area (Å²) < 4.78 is 7.31. The zero-order valence-corrected chi connectivity index (χ0v) is 66.5. The summed E-state index contributed by atoms with van der Waals surface area (Å²) in [6.07, 6.45) is 0. The van der Waals surface area contributed by atoms with E-state index in [4.69, 9.17) is 4.98 Å². The van der Waals surface area contributed by atoms with Gasteiger partial charge in [-0.2, -0.15) is 0 Å². The Morgan fingerprint density at radius 3 is 0.965 bits per heavy atom. The van der Waals surface area contributed by atoms with Gasteiger partial charge in [-0.3, -0.25) is 4.57 Å². The van der Waals surface area contributed by atoms with Crippen LogP contribution in [0.15, 0.2) is 340 Å². The van der Waals surface area contributed by atoms with Gasteiger partial charge in [-0.1, -0.05) is 265 Å². The fourth-order valence-electron chi connectivity index (χ4n) is 17.2. The van der Waals surface area contributed by atoms with E-state index in [2.05, 4.69) is 446 Å². The van der Waals surface area contributed by atoms with Crippen molar-refractivity contribution in [2.75, 3.05) is 9.80 Å². The fourth-order valence-corrected chi connectivity index (χ4v) is 17.2. The summed E-state index contributed by atoms with van der Waals surface area (Å²) in [5, 5.41) is 11.9. The van der Waals surface area contributed by atoms with Crippen molar-refractivity contribution in [2.45, 2.75) is 105 Å². The highest BCUT2D eigenvalue weighted by atomic mass is 15.2. The molecule has 0 aliphatic carbocycles. The molecular formula is C107H92N6. The average molecular weight is 1460 g/mol. The Balaban J connectivity index is 0.721. The van der Waals surface area contributed by atoms with E-state index < -0.39 is 0 Å². The quantitative estimate of drug-likeness (QED) is 0.114. The molecule has 0 radical (unpaired) electrons. The molecule has 3 heterocycles. The third-order valence-electron chi connectivity index (χ3n) is 23.4. The van der Waals surface area contributed by atoms with Gasteiger partial charge in [-0.15, -0.1) is 0 Å². The summed E-state index contributed by atoms with van der Waals surface area (Å²) in [4.78, 5) is 10.8. The Hall–Kier alpha value is -13.0. The molecule has 0 spiro atoms. The molecule has 0 unspecified atom stereocenters. The molecule has 0 saturated heterocycles. The van der Waals surface area contributed by atoms with Crippen LogP contribution in [-0.2, 0) is 21.7 Å². The number of nitrogens with zero attached hydrogens (tertiary/aromatic N) is 6. The highest BCUT2D eigenvalue weighted by Gasteiger charge is 2.28. The molecule has 6 nitrogen and oxygen atoms in total. The maximum absolute atomic E-state index is 5.98. The van der Waals surface area contributed by atoms with Gasteiger partial charge in [0.2, 0.25) is 0 Å². The summed E-state index contributed by atoms with van der Waals surface area (Å²) in [7, 11) is 0. The number of hydrogen-bond acceptors (Lipinski definition) is 3. The van der Waals surface area contributed by atoms with Gasteiger partial charge in [-0.25, -0.2) is 4.98 Å². The van der Waals surface area contributed by atoms with E-state index in [1.165, 1.54) is 65.9 Å². The maximum atomic E-state index is 5.98. The second-order valence-corrected chi connectivity index (χ2v) is 34.9. The van der Waals surface area contributed by atoms with Crippen LogP contribution in [0.5, 0.6) is 0 Å². The second kappa shape index (κ2) is 26.9. The molecular weight excluding hydrogens is 1370 g/mol. The molecule has 6 heteroatoms. The lowest BCUT2D eigenvalue weighted by molar-refractivity contribution is 0.590. The standard InChI is InChI=1S/C107H92N6/c1-104(2,3)74-43-59-97-91(63-74)92-64-75(105(4,5)6)44-60-98(92)111(97)83-51-39-71(40-52-83)69-35-47-81(48-36-69)109(78-27-16-13-17-28-78)85-55-57-88-89-58-56-86(68-96(89)102-101(95(88)67-85)108-103(113(102)80-31-20-15-21-32-80)90-34-24-26-73-25-22-23-33-87(73)90)110(79-29-18-14-19-30-79)82-49-37-70(38-50-82)72-41-53-84(54-42-72)112-99-61-45-76(106(7,8)9)65-93(99)94-66-77(107(10,11)12)46-62-100(94)112/h13-68H,1-12H3. The number of aromatic nitrogens is 4. The van der Waals surface area contributed by atoms with Crippen molar-refractivity contribution in [3.63, 3.8) is 0 Å². The molecule has 0 aliphatic rings. The summed E-state index contributed by atoms with van der Waals surface area (Å²) in [6.45, 7) is 27.6. The number of imidazole rings is 1. The van der Waals surface area contributed by atoms with Crippen LogP contribution in [0.25, 0.3) is 138 Å². The van der Waals surface area contributed by atoms with Gasteiger partial charge in [0, 0.05) is 89.1 Å². The number of para-hydroxylation sites is 3. The molecule has 0 bridgehead atoms. The Bertz CT molecular complexity index is 6750. The van der Waals surface area contributed by atoms with Gasteiger partial charge in [0.25, 0.3) is 0 Å². The van der Waals surface area contributed by atoms with E-state index in [-0.39, 0.29) is 21.7 Å². The lowest BCUT2D eigenvalue weighted by Crippen LogP contribution is -2.10. The monoisotopic (exact) mass is 1460 g/mol. The zero-order valence-electron chi connectivity index (χ0n) is 66.5. The first kappa shape index (κ1) is 70.4. The highest BCUT2D eigenvalue weighted by molar-refractivity contribution is 6.26. The lowest BCUT2D eigenvalue weighted by atomic mass is 9.85. The topological polar surface area (TPSA) is 34.2 Å². The second-order valence-electron chi connectivity index (χ2n) is 34.9. The SMILES string of the molecule is CC(C)(C)c1ccc2c(c1)c1cc(C(C)(C)C)ccc1n2-c1ccc(-c2ccc(N(c3ccccc3)c3ccc4c5ccc(N(c6ccccc6)c6ccc(-c7ccc(-n8c9ccc(C(C)(C)C)cc9c9cc(C(C)(C)C)ccc98)cc7)cc6)cc5c5c(nc(-c6cccc7ccccc67)n5-c5ccccc5)c4c3)cc2)cc1. The number of fused-ring (bicyclic) bond motifs is 13. The lowest BCUT2D eigenvalue weighted by Gasteiger charge is -2.27. The van der Waals surface area contributed by atoms with Crippen LogP contribution in [0, 0.1) is 0 Å². The largest absolute Gasteiger partial charge is 0.310 e. The highest BCUT2D eigenvalue weighted by Crippen LogP contribution is 2.48. The van der Waals surface area contributed by atoms with Crippen LogP contribution >= 0.6 is 0 Å². The predicted molar refractivity (Wildman–Crippen MR) is 483 cm³/mol. The van der Waals surface area contributed by atoms with Crippen molar-refractivity contribution in [3.05, 3.63) is 362 Å². The Morgan fingerprint density at radius 1 is 0.230 bits per heavy atom. The molecule has 0 fully saturated rings. The van der Waals surface area contributed by atoms with E-state index in [9.17, 15) is 0 Å². The zero-order chi connectivity index (χ0) is 77.4. The van der Waals surface area contributed by atoms with Crippen molar-refractivity contribution in [2.24, 2.45) is 0 Å². The van der Waals surface area contributed by atoms with Crippen LogP contribution in [0.3, 0.4) is 0 Å². The van der Waals surface area contributed by atoms with E-state index in [0.29, 0.717) is 0 Å². The van der Waals surface area contributed by atoms with Crippen LogP contribution in [-0.4, -0.2) is 18.7 Å². The molecule has 16 aromatic carbocycles.